The van der Waals surface area contributed by atoms with E-state index in [0.29, 0.717) is 24.1 Å². The Hall–Kier alpha value is -4.71. The SMILES string of the molecule is Cc1cc(F)ccc1Oc1cc(C2CC2)c(C(F)(F)F)cc1C(=O)Nc1ccc(F)c(OCC(O)CNc2ccc(F)cc2)c1. The van der Waals surface area contributed by atoms with Gasteiger partial charge in [-0.15, -0.1) is 0 Å². The summed E-state index contributed by atoms with van der Waals surface area (Å²) in [5.41, 5.74) is -0.500. The minimum absolute atomic E-state index is 0.000863. The van der Waals surface area contributed by atoms with Crippen molar-refractivity contribution in [3.63, 3.8) is 0 Å². The largest absolute Gasteiger partial charge is 0.488 e. The molecule has 1 fully saturated rings. The van der Waals surface area contributed by atoms with Crippen molar-refractivity contribution in [3.8, 4) is 17.2 Å². The molecule has 4 aromatic carbocycles. The molecule has 1 aliphatic carbocycles. The number of rotatable bonds is 11. The number of hydrogen-bond acceptors (Lipinski definition) is 5. The van der Waals surface area contributed by atoms with Crippen LogP contribution >= 0.6 is 0 Å². The van der Waals surface area contributed by atoms with Gasteiger partial charge in [0.1, 0.15) is 35.8 Å². The molecule has 0 saturated heterocycles. The first-order valence-electron chi connectivity index (χ1n) is 14.0. The lowest BCUT2D eigenvalue weighted by Crippen LogP contribution is -2.26. The number of aliphatic hydroxyl groups excluding tert-OH is 1. The second-order valence-electron chi connectivity index (χ2n) is 10.7. The van der Waals surface area contributed by atoms with Crippen LogP contribution in [0, 0.1) is 24.4 Å². The summed E-state index contributed by atoms with van der Waals surface area (Å²) in [4.78, 5) is 13.4. The van der Waals surface area contributed by atoms with Crippen LogP contribution in [0.4, 0.5) is 37.7 Å². The molecule has 236 valence electrons. The van der Waals surface area contributed by atoms with E-state index in [1.165, 1.54) is 48.5 Å². The second-order valence-corrected chi connectivity index (χ2v) is 10.7. The third-order valence-corrected chi connectivity index (χ3v) is 7.08. The molecule has 0 aliphatic heterocycles. The summed E-state index contributed by atoms with van der Waals surface area (Å²) in [7, 11) is 0. The van der Waals surface area contributed by atoms with Crippen LogP contribution in [0.3, 0.4) is 0 Å². The molecule has 0 bridgehead atoms. The molecule has 1 aliphatic rings. The first-order valence-corrected chi connectivity index (χ1v) is 14.0. The van der Waals surface area contributed by atoms with Crippen molar-refractivity contribution in [1.82, 2.24) is 0 Å². The number of alkyl halides is 3. The smallest absolute Gasteiger partial charge is 0.416 e. The lowest BCUT2D eigenvalue weighted by Gasteiger charge is -2.19. The van der Waals surface area contributed by atoms with Crippen molar-refractivity contribution >= 4 is 17.3 Å². The van der Waals surface area contributed by atoms with Crippen molar-refractivity contribution in [2.75, 3.05) is 23.8 Å². The maximum absolute atomic E-state index is 14.5. The lowest BCUT2D eigenvalue weighted by molar-refractivity contribution is -0.138. The van der Waals surface area contributed by atoms with Gasteiger partial charge in [0.25, 0.3) is 5.91 Å². The predicted octanol–water partition coefficient (Wildman–Crippen LogP) is 8.20. The standard InChI is InChI=1S/C33H28F6N2O4/c1-18-12-21(35)6-11-29(18)45-30-15-25(19-2-3-19)27(33(37,38)39)14-26(30)32(43)41-23-9-10-28(36)31(13-23)44-17-24(42)16-40-22-7-4-20(34)5-8-22/h4-15,19,24,40,42H,2-3,16-17H2,1H3,(H,41,43). The molecule has 4 aromatic rings. The van der Waals surface area contributed by atoms with Gasteiger partial charge in [-0.3, -0.25) is 4.79 Å². The fourth-order valence-corrected chi connectivity index (χ4v) is 4.62. The Morgan fingerprint density at radius 3 is 2.24 bits per heavy atom. The Labute approximate surface area is 254 Å². The molecule has 1 saturated carbocycles. The summed E-state index contributed by atoms with van der Waals surface area (Å²) in [6.07, 6.45) is -4.74. The number of amides is 1. The van der Waals surface area contributed by atoms with Gasteiger partial charge < -0.3 is 25.2 Å². The molecule has 1 unspecified atom stereocenters. The number of anilines is 2. The molecule has 1 amide bonds. The van der Waals surface area contributed by atoms with Crippen molar-refractivity contribution in [1.29, 1.82) is 0 Å². The van der Waals surface area contributed by atoms with Gasteiger partial charge in [-0.25, -0.2) is 13.2 Å². The minimum atomic E-state index is -4.75. The van der Waals surface area contributed by atoms with Gasteiger partial charge in [-0.2, -0.15) is 13.2 Å². The van der Waals surface area contributed by atoms with Gasteiger partial charge in [0, 0.05) is 24.0 Å². The van der Waals surface area contributed by atoms with E-state index >= 15 is 0 Å². The lowest BCUT2D eigenvalue weighted by atomic mass is 9.98. The Morgan fingerprint density at radius 2 is 1.58 bits per heavy atom. The third kappa shape index (κ3) is 8.07. The predicted molar refractivity (Wildman–Crippen MR) is 155 cm³/mol. The van der Waals surface area contributed by atoms with Gasteiger partial charge in [0.05, 0.1) is 11.1 Å². The Kier molecular flexibility index (Phi) is 9.24. The van der Waals surface area contributed by atoms with E-state index in [4.69, 9.17) is 9.47 Å². The number of aliphatic hydroxyl groups is 1. The molecular weight excluding hydrogens is 602 g/mol. The van der Waals surface area contributed by atoms with Gasteiger partial charge in [0.15, 0.2) is 11.6 Å². The molecule has 45 heavy (non-hydrogen) atoms. The second kappa shape index (κ2) is 13.1. The highest BCUT2D eigenvalue weighted by Gasteiger charge is 2.40. The zero-order valence-corrected chi connectivity index (χ0v) is 23.9. The quantitative estimate of drug-likeness (QED) is 0.146. The summed E-state index contributed by atoms with van der Waals surface area (Å²) in [6.45, 7) is 1.20. The Bertz CT molecular complexity index is 1690. The number of aryl methyl sites for hydroxylation is 1. The molecule has 1 atom stereocenters. The highest BCUT2D eigenvalue weighted by atomic mass is 19.4. The Morgan fingerprint density at radius 1 is 0.889 bits per heavy atom. The molecule has 0 aromatic heterocycles. The van der Waals surface area contributed by atoms with E-state index in [-0.39, 0.29) is 47.6 Å². The average molecular weight is 631 g/mol. The summed E-state index contributed by atoms with van der Waals surface area (Å²) in [5.74, 6) is -3.41. The van der Waals surface area contributed by atoms with Crippen LogP contribution in [0.15, 0.2) is 72.8 Å². The van der Waals surface area contributed by atoms with E-state index in [1.54, 1.807) is 6.92 Å². The number of carbonyl (C=O) groups excluding carboxylic acids is 1. The number of ether oxygens (including phenoxy) is 2. The third-order valence-electron chi connectivity index (χ3n) is 7.08. The van der Waals surface area contributed by atoms with Gasteiger partial charge in [-0.1, -0.05) is 0 Å². The van der Waals surface area contributed by atoms with E-state index in [0.717, 1.165) is 24.3 Å². The van der Waals surface area contributed by atoms with Crippen LogP contribution in [-0.2, 0) is 6.18 Å². The maximum atomic E-state index is 14.5. The first-order chi connectivity index (χ1) is 21.4. The highest BCUT2D eigenvalue weighted by molar-refractivity contribution is 6.06. The summed E-state index contributed by atoms with van der Waals surface area (Å²) in [6, 6.07) is 14.3. The van der Waals surface area contributed by atoms with Crippen LogP contribution < -0.4 is 20.1 Å². The van der Waals surface area contributed by atoms with Crippen molar-refractivity contribution in [2.24, 2.45) is 0 Å². The molecule has 12 heteroatoms. The van der Waals surface area contributed by atoms with Crippen molar-refractivity contribution < 1.29 is 45.7 Å². The highest BCUT2D eigenvalue weighted by Crippen LogP contribution is 2.48. The van der Waals surface area contributed by atoms with Crippen molar-refractivity contribution in [3.05, 3.63) is 113 Å². The number of halogens is 6. The maximum Gasteiger partial charge on any atom is 0.416 e. The molecular formula is C33H28F6N2O4. The number of carbonyl (C=O) groups is 1. The molecule has 6 nitrogen and oxygen atoms in total. The van der Waals surface area contributed by atoms with E-state index in [1.807, 2.05) is 0 Å². The van der Waals surface area contributed by atoms with Crippen molar-refractivity contribution in [2.45, 2.75) is 38.0 Å². The fourth-order valence-electron chi connectivity index (χ4n) is 4.62. The molecule has 5 rings (SSSR count). The molecule has 0 heterocycles. The monoisotopic (exact) mass is 630 g/mol. The van der Waals surface area contributed by atoms with Crippen LogP contribution in [0.1, 0.15) is 45.8 Å². The number of benzene rings is 4. The zero-order valence-electron chi connectivity index (χ0n) is 23.9. The summed E-state index contributed by atoms with van der Waals surface area (Å²) in [5, 5.41) is 15.6. The summed E-state index contributed by atoms with van der Waals surface area (Å²) >= 11 is 0. The summed E-state index contributed by atoms with van der Waals surface area (Å²) < 4.78 is 94.7. The topological polar surface area (TPSA) is 79.8 Å². The van der Waals surface area contributed by atoms with Crippen LogP contribution in [0.25, 0.3) is 0 Å². The number of nitrogens with one attached hydrogen (secondary N) is 2. The Balaban J connectivity index is 1.35. The molecule has 0 radical (unpaired) electrons. The normalized spacial score (nSPS) is 13.7. The van der Waals surface area contributed by atoms with E-state index in [2.05, 4.69) is 10.6 Å². The zero-order chi connectivity index (χ0) is 32.3. The van der Waals surface area contributed by atoms with Crippen LogP contribution in [0.2, 0.25) is 0 Å². The van der Waals surface area contributed by atoms with E-state index in [9.17, 15) is 36.2 Å². The minimum Gasteiger partial charge on any atom is -0.488 e. The average Bonchev–Trinajstić information content (AvgIpc) is 3.83. The van der Waals surface area contributed by atoms with E-state index < -0.39 is 46.8 Å². The van der Waals surface area contributed by atoms with Crippen LogP contribution in [0.5, 0.6) is 17.2 Å². The molecule has 0 spiro atoms. The van der Waals surface area contributed by atoms with Gasteiger partial charge in [0.2, 0.25) is 0 Å². The number of hydrogen-bond donors (Lipinski definition) is 3. The molecule has 3 N–H and O–H groups in total. The van der Waals surface area contributed by atoms with Gasteiger partial charge >= 0.3 is 6.18 Å². The van der Waals surface area contributed by atoms with Gasteiger partial charge in [-0.05, 0) is 104 Å². The van der Waals surface area contributed by atoms with Crippen LogP contribution in [-0.4, -0.2) is 30.3 Å². The fraction of sp³-hybridized carbons (Fsp3) is 0.242. The first kappa shape index (κ1) is 31.7.